The van der Waals surface area contributed by atoms with E-state index in [1.807, 2.05) is 32.0 Å². The fourth-order valence-electron chi connectivity index (χ4n) is 1.37. The summed E-state index contributed by atoms with van der Waals surface area (Å²) >= 11 is 0. The molecule has 94 valence electrons. The number of rotatable bonds is 7. The monoisotopic (exact) mass is 235 g/mol. The minimum Gasteiger partial charge on any atom is -0.465 e. The summed E-state index contributed by atoms with van der Waals surface area (Å²) in [5.41, 5.74) is 1.27. The fourth-order valence-corrected chi connectivity index (χ4v) is 1.37. The third-order valence-electron chi connectivity index (χ3n) is 2.39. The van der Waals surface area contributed by atoms with Crippen LogP contribution in [0.1, 0.15) is 25.8 Å². The van der Waals surface area contributed by atoms with Gasteiger partial charge in [0.1, 0.15) is 0 Å². The van der Waals surface area contributed by atoms with Crippen LogP contribution in [0.3, 0.4) is 0 Å². The van der Waals surface area contributed by atoms with Gasteiger partial charge in [-0.3, -0.25) is 4.79 Å². The van der Waals surface area contributed by atoms with E-state index in [0.717, 1.165) is 19.5 Å². The Kier molecular flexibility index (Phi) is 6.33. The third-order valence-corrected chi connectivity index (χ3v) is 2.39. The molecule has 0 aromatic heterocycles. The van der Waals surface area contributed by atoms with E-state index < -0.39 is 0 Å². The van der Waals surface area contributed by atoms with Crippen molar-refractivity contribution in [2.45, 2.75) is 26.8 Å². The molecule has 0 aliphatic carbocycles. The highest BCUT2D eigenvalue weighted by Gasteiger charge is 2.06. The van der Waals surface area contributed by atoms with Crippen LogP contribution in [0.4, 0.5) is 0 Å². The van der Waals surface area contributed by atoms with Gasteiger partial charge in [0.25, 0.3) is 0 Å². The average molecular weight is 235 g/mol. The Balaban J connectivity index is 2.00. The van der Waals surface area contributed by atoms with Crippen molar-refractivity contribution in [1.29, 1.82) is 0 Å². The lowest BCUT2D eigenvalue weighted by Gasteiger charge is -2.07. The lowest BCUT2D eigenvalue weighted by Crippen LogP contribution is -2.18. The van der Waals surface area contributed by atoms with Crippen molar-refractivity contribution < 1.29 is 9.53 Å². The predicted molar refractivity (Wildman–Crippen MR) is 68.6 cm³/mol. The van der Waals surface area contributed by atoms with Crippen LogP contribution in [0.5, 0.6) is 0 Å². The van der Waals surface area contributed by atoms with E-state index in [1.54, 1.807) is 0 Å². The van der Waals surface area contributed by atoms with Gasteiger partial charge in [-0.1, -0.05) is 44.2 Å². The Morgan fingerprint density at radius 1 is 1.29 bits per heavy atom. The van der Waals surface area contributed by atoms with E-state index in [4.69, 9.17) is 4.74 Å². The van der Waals surface area contributed by atoms with E-state index >= 15 is 0 Å². The maximum Gasteiger partial charge on any atom is 0.308 e. The van der Waals surface area contributed by atoms with Crippen LogP contribution < -0.4 is 5.32 Å². The quantitative estimate of drug-likeness (QED) is 0.582. The molecule has 0 amide bonds. The number of carbonyl (C=O) groups excluding carboxylic acids is 1. The van der Waals surface area contributed by atoms with Gasteiger partial charge in [0.05, 0.1) is 12.5 Å². The van der Waals surface area contributed by atoms with Gasteiger partial charge in [-0.25, -0.2) is 0 Å². The summed E-state index contributed by atoms with van der Waals surface area (Å²) in [7, 11) is 0. The number of carbonyl (C=O) groups is 1. The summed E-state index contributed by atoms with van der Waals surface area (Å²) in [5.74, 6) is -0.152. The number of nitrogens with one attached hydrogen (secondary N) is 1. The number of hydrogen-bond acceptors (Lipinski definition) is 3. The first-order chi connectivity index (χ1) is 8.20. The molecule has 0 fully saturated rings. The van der Waals surface area contributed by atoms with Crippen molar-refractivity contribution in [2.75, 3.05) is 13.2 Å². The molecule has 0 bridgehead atoms. The van der Waals surface area contributed by atoms with Crippen molar-refractivity contribution in [2.24, 2.45) is 5.92 Å². The smallest absolute Gasteiger partial charge is 0.308 e. The van der Waals surface area contributed by atoms with Gasteiger partial charge >= 0.3 is 5.97 Å². The highest BCUT2D eigenvalue weighted by atomic mass is 16.5. The summed E-state index contributed by atoms with van der Waals surface area (Å²) in [6, 6.07) is 10.2. The lowest BCUT2D eigenvalue weighted by molar-refractivity contribution is -0.147. The summed E-state index contributed by atoms with van der Waals surface area (Å²) in [6.45, 7) is 5.91. The summed E-state index contributed by atoms with van der Waals surface area (Å²) in [6.07, 6.45) is 0.852. The Morgan fingerprint density at radius 3 is 2.65 bits per heavy atom. The number of hydrogen-bond donors (Lipinski definition) is 1. The number of ether oxygens (including phenoxy) is 1. The molecule has 1 rings (SSSR count). The number of esters is 1. The van der Waals surface area contributed by atoms with Crippen molar-refractivity contribution in [3.05, 3.63) is 35.9 Å². The molecular formula is C14H21NO2. The molecule has 0 spiro atoms. The maximum absolute atomic E-state index is 11.2. The van der Waals surface area contributed by atoms with Crippen LogP contribution in [0.2, 0.25) is 0 Å². The Bertz CT molecular complexity index is 322. The summed E-state index contributed by atoms with van der Waals surface area (Å²) in [4.78, 5) is 11.2. The molecule has 0 heterocycles. The normalized spacial score (nSPS) is 10.5. The second kappa shape index (κ2) is 7.85. The van der Waals surface area contributed by atoms with Gasteiger partial charge in [0.15, 0.2) is 0 Å². The maximum atomic E-state index is 11.2. The minimum atomic E-state index is -0.118. The van der Waals surface area contributed by atoms with E-state index in [2.05, 4.69) is 17.4 Å². The molecule has 17 heavy (non-hydrogen) atoms. The van der Waals surface area contributed by atoms with E-state index in [1.165, 1.54) is 5.56 Å². The van der Waals surface area contributed by atoms with Gasteiger partial charge in [-0.05, 0) is 18.5 Å². The zero-order valence-electron chi connectivity index (χ0n) is 10.6. The van der Waals surface area contributed by atoms with Gasteiger partial charge in [0.2, 0.25) is 0 Å². The SMILES string of the molecule is CC(C)C(=O)OCCCNCc1ccccc1. The Hall–Kier alpha value is -1.35. The zero-order chi connectivity index (χ0) is 12.5. The Labute approximate surface area is 103 Å². The lowest BCUT2D eigenvalue weighted by atomic mass is 10.2. The van der Waals surface area contributed by atoms with Crippen molar-refractivity contribution in [1.82, 2.24) is 5.32 Å². The molecule has 0 radical (unpaired) electrons. The largest absolute Gasteiger partial charge is 0.465 e. The van der Waals surface area contributed by atoms with Gasteiger partial charge in [0, 0.05) is 6.54 Å². The van der Waals surface area contributed by atoms with Crippen LogP contribution >= 0.6 is 0 Å². The molecule has 0 atom stereocenters. The van der Waals surface area contributed by atoms with Crippen LogP contribution in [-0.2, 0) is 16.1 Å². The van der Waals surface area contributed by atoms with Gasteiger partial charge < -0.3 is 10.1 Å². The van der Waals surface area contributed by atoms with E-state index in [9.17, 15) is 4.79 Å². The second-order valence-corrected chi connectivity index (χ2v) is 4.34. The van der Waals surface area contributed by atoms with Gasteiger partial charge in [-0.2, -0.15) is 0 Å². The number of benzene rings is 1. The summed E-state index contributed by atoms with van der Waals surface area (Å²) < 4.78 is 5.08. The van der Waals surface area contributed by atoms with Gasteiger partial charge in [-0.15, -0.1) is 0 Å². The molecule has 1 N–H and O–H groups in total. The first-order valence-corrected chi connectivity index (χ1v) is 6.11. The highest BCUT2D eigenvalue weighted by molar-refractivity contribution is 5.71. The molecule has 0 aliphatic heterocycles. The second-order valence-electron chi connectivity index (χ2n) is 4.34. The van der Waals surface area contributed by atoms with Crippen LogP contribution in [0, 0.1) is 5.92 Å². The standard InChI is InChI=1S/C14H21NO2/c1-12(2)14(16)17-10-6-9-15-11-13-7-4-3-5-8-13/h3-5,7-8,12,15H,6,9-11H2,1-2H3. The van der Waals surface area contributed by atoms with Crippen LogP contribution in [0.15, 0.2) is 30.3 Å². The highest BCUT2D eigenvalue weighted by Crippen LogP contribution is 1.98. The van der Waals surface area contributed by atoms with Crippen molar-refractivity contribution >= 4 is 5.97 Å². The summed E-state index contributed by atoms with van der Waals surface area (Å²) in [5, 5.41) is 3.31. The molecular weight excluding hydrogens is 214 g/mol. The average Bonchev–Trinajstić information content (AvgIpc) is 2.34. The van der Waals surface area contributed by atoms with E-state index in [0.29, 0.717) is 6.61 Å². The molecule has 1 aromatic rings. The van der Waals surface area contributed by atoms with Crippen molar-refractivity contribution in [3.63, 3.8) is 0 Å². The predicted octanol–water partition coefficient (Wildman–Crippen LogP) is 2.37. The Morgan fingerprint density at radius 2 is 2.00 bits per heavy atom. The van der Waals surface area contributed by atoms with Crippen LogP contribution in [0.25, 0.3) is 0 Å². The topological polar surface area (TPSA) is 38.3 Å². The molecule has 0 unspecified atom stereocenters. The molecule has 0 aliphatic rings. The fraction of sp³-hybridized carbons (Fsp3) is 0.500. The van der Waals surface area contributed by atoms with E-state index in [-0.39, 0.29) is 11.9 Å². The molecule has 1 aromatic carbocycles. The first kappa shape index (κ1) is 13.7. The van der Waals surface area contributed by atoms with Crippen molar-refractivity contribution in [3.8, 4) is 0 Å². The zero-order valence-corrected chi connectivity index (χ0v) is 10.6. The molecule has 3 heteroatoms. The van der Waals surface area contributed by atoms with Crippen LogP contribution in [-0.4, -0.2) is 19.1 Å². The molecule has 0 saturated carbocycles. The molecule has 3 nitrogen and oxygen atoms in total. The first-order valence-electron chi connectivity index (χ1n) is 6.11. The third kappa shape index (κ3) is 6.07. The minimum absolute atomic E-state index is 0.0349. The molecule has 0 saturated heterocycles.